The molecule has 0 radical (unpaired) electrons. The minimum Gasteiger partial charge on any atom is -0.321 e. The Morgan fingerprint density at radius 1 is 1.04 bits per heavy atom. The van der Waals surface area contributed by atoms with Gasteiger partial charge in [0.15, 0.2) is 0 Å². The van der Waals surface area contributed by atoms with Gasteiger partial charge in [-0.3, -0.25) is 4.79 Å². The molecule has 28 heavy (non-hydrogen) atoms. The van der Waals surface area contributed by atoms with E-state index in [2.05, 4.69) is 10.4 Å². The van der Waals surface area contributed by atoms with Gasteiger partial charge in [-0.25, -0.2) is 4.68 Å². The zero-order chi connectivity index (χ0) is 19.7. The highest BCUT2D eigenvalue weighted by atomic mass is 35.5. The molecule has 4 nitrogen and oxygen atoms in total. The lowest BCUT2D eigenvalue weighted by atomic mass is 10.1. The first-order chi connectivity index (χ1) is 13.5. The van der Waals surface area contributed by atoms with Crippen molar-refractivity contribution in [2.75, 3.05) is 5.32 Å². The van der Waals surface area contributed by atoms with E-state index in [-0.39, 0.29) is 5.91 Å². The number of benzene rings is 2. The van der Waals surface area contributed by atoms with Crippen LogP contribution in [0, 0.1) is 13.8 Å². The Hall–Kier alpha value is -2.89. The maximum absolute atomic E-state index is 13.1. The number of nitrogens with zero attached hydrogens (tertiary/aromatic N) is 2. The van der Waals surface area contributed by atoms with Gasteiger partial charge in [0.2, 0.25) is 0 Å². The summed E-state index contributed by atoms with van der Waals surface area (Å²) < 4.78 is 1.65. The predicted molar refractivity (Wildman–Crippen MR) is 116 cm³/mol. The van der Waals surface area contributed by atoms with Crippen molar-refractivity contribution in [3.63, 3.8) is 0 Å². The molecule has 0 atom stereocenters. The minimum atomic E-state index is -0.214. The van der Waals surface area contributed by atoms with E-state index in [4.69, 9.17) is 11.6 Å². The molecule has 0 spiro atoms. The highest BCUT2D eigenvalue weighted by molar-refractivity contribution is 7.13. The van der Waals surface area contributed by atoms with Crippen molar-refractivity contribution in [2.24, 2.45) is 0 Å². The molecule has 0 aliphatic heterocycles. The van der Waals surface area contributed by atoms with Crippen LogP contribution in [-0.4, -0.2) is 15.7 Å². The number of hydrogen-bond donors (Lipinski definition) is 1. The summed E-state index contributed by atoms with van der Waals surface area (Å²) in [5.41, 5.74) is 5.07. The van der Waals surface area contributed by atoms with Crippen LogP contribution in [0.4, 0.5) is 5.69 Å². The molecule has 4 aromatic rings. The molecule has 0 saturated heterocycles. The fourth-order valence-corrected chi connectivity index (χ4v) is 3.69. The summed E-state index contributed by atoms with van der Waals surface area (Å²) in [6.45, 7) is 4.07. The van der Waals surface area contributed by atoms with E-state index in [9.17, 15) is 4.79 Å². The van der Waals surface area contributed by atoms with Crippen LogP contribution in [0.1, 0.15) is 21.6 Å². The number of thiophene rings is 1. The van der Waals surface area contributed by atoms with Gasteiger partial charge in [0.1, 0.15) is 11.4 Å². The van der Waals surface area contributed by atoms with Gasteiger partial charge in [-0.1, -0.05) is 23.7 Å². The van der Waals surface area contributed by atoms with Gasteiger partial charge in [-0.2, -0.15) is 5.10 Å². The molecule has 0 unspecified atom stereocenters. The molecule has 0 bridgehead atoms. The zero-order valence-electron chi connectivity index (χ0n) is 15.4. The molecule has 1 amide bonds. The van der Waals surface area contributed by atoms with E-state index in [1.165, 1.54) is 5.56 Å². The maximum Gasteiger partial charge on any atom is 0.274 e. The third-order valence-electron chi connectivity index (χ3n) is 4.55. The van der Waals surface area contributed by atoms with Gasteiger partial charge in [-0.15, -0.1) is 11.3 Å². The Morgan fingerprint density at radius 3 is 2.50 bits per heavy atom. The number of hydrogen-bond acceptors (Lipinski definition) is 3. The van der Waals surface area contributed by atoms with Crippen LogP contribution in [0.15, 0.2) is 66.0 Å². The summed E-state index contributed by atoms with van der Waals surface area (Å²) in [7, 11) is 0. The maximum atomic E-state index is 13.1. The standard InChI is InChI=1S/C22H18ClN3OS/c1-14-5-8-17(12-15(14)2)24-22(27)20-13-19(21-4-3-11-28-21)25-26(20)18-9-6-16(23)7-10-18/h3-13H,1-2H3,(H,24,27). The fourth-order valence-electron chi connectivity index (χ4n) is 2.88. The molecule has 0 aliphatic rings. The minimum absolute atomic E-state index is 0.214. The van der Waals surface area contributed by atoms with E-state index < -0.39 is 0 Å². The molecule has 0 fully saturated rings. The molecule has 2 aromatic heterocycles. The first-order valence-corrected chi connectivity index (χ1v) is 10.1. The average Bonchev–Trinajstić information content (AvgIpc) is 3.35. The molecular formula is C22H18ClN3OS. The highest BCUT2D eigenvalue weighted by Crippen LogP contribution is 2.27. The van der Waals surface area contributed by atoms with Gasteiger partial charge in [0.25, 0.3) is 5.91 Å². The van der Waals surface area contributed by atoms with Gasteiger partial charge in [0, 0.05) is 10.7 Å². The summed E-state index contributed by atoms with van der Waals surface area (Å²) in [6.07, 6.45) is 0. The quantitative estimate of drug-likeness (QED) is 0.442. The van der Waals surface area contributed by atoms with Crippen LogP contribution in [0.3, 0.4) is 0 Å². The molecule has 140 valence electrons. The lowest BCUT2D eigenvalue weighted by molar-refractivity contribution is 0.101. The molecular weight excluding hydrogens is 390 g/mol. The van der Waals surface area contributed by atoms with Crippen molar-refractivity contribution >= 4 is 34.5 Å². The third kappa shape index (κ3) is 3.72. The van der Waals surface area contributed by atoms with Gasteiger partial charge < -0.3 is 5.32 Å². The molecule has 0 saturated carbocycles. The number of anilines is 1. The lowest BCUT2D eigenvalue weighted by Crippen LogP contribution is -2.17. The smallest absolute Gasteiger partial charge is 0.274 e. The highest BCUT2D eigenvalue weighted by Gasteiger charge is 2.18. The number of aryl methyl sites for hydroxylation is 2. The first-order valence-electron chi connectivity index (χ1n) is 8.80. The van der Waals surface area contributed by atoms with Crippen LogP contribution in [0.25, 0.3) is 16.3 Å². The second kappa shape index (κ2) is 7.62. The van der Waals surface area contributed by atoms with E-state index in [0.29, 0.717) is 10.7 Å². The van der Waals surface area contributed by atoms with Crippen LogP contribution in [0.5, 0.6) is 0 Å². The summed E-state index contributed by atoms with van der Waals surface area (Å²) in [5, 5.41) is 10.3. The molecule has 4 rings (SSSR count). The number of halogens is 1. The van der Waals surface area contributed by atoms with E-state index in [1.807, 2.05) is 67.8 Å². The summed E-state index contributed by atoms with van der Waals surface area (Å²) in [6, 6.07) is 18.9. The Balaban J connectivity index is 1.74. The van der Waals surface area contributed by atoms with Gasteiger partial charge in [0.05, 0.1) is 10.6 Å². The Bertz CT molecular complexity index is 1130. The van der Waals surface area contributed by atoms with Gasteiger partial charge in [-0.05, 0) is 78.9 Å². The van der Waals surface area contributed by atoms with Crippen molar-refractivity contribution in [3.8, 4) is 16.3 Å². The van der Waals surface area contributed by atoms with Crippen LogP contribution in [0.2, 0.25) is 5.02 Å². The third-order valence-corrected chi connectivity index (χ3v) is 5.70. The molecule has 2 aromatic carbocycles. The predicted octanol–water partition coefficient (Wildman–Crippen LogP) is 6.12. The second-order valence-corrected chi connectivity index (χ2v) is 7.92. The first kappa shape index (κ1) is 18.5. The molecule has 6 heteroatoms. The fraction of sp³-hybridized carbons (Fsp3) is 0.0909. The van der Waals surface area contributed by atoms with Crippen molar-refractivity contribution < 1.29 is 4.79 Å². The number of rotatable bonds is 4. The SMILES string of the molecule is Cc1ccc(NC(=O)c2cc(-c3cccs3)nn2-c2ccc(Cl)cc2)cc1C. The van der Waals surface area contributed by atoms with Crippen LogP contribution >= 0.6 is 22.9 Å². The van der Waals surface area contributed by atoms with Crippen molar-refractivity contribution in [3.05, 3.63) is 87.9 Å². The number of carbonyl (C=O) groups excluding carboxylic acids is 1. The topological polar surface area (TPSA) is 46.9 Å². The molecule has 1 N–H and O–H groups in total. The van der Waals surface area contributed by atoms with Crippen LogP contribution < -0.4 is 5.32 Å². The Labute approximate surface area is 172 Å². The molecule has 2 heterocycles. The number of aromatic nitrogens is 2. The lowest BCUT2D eigenvalue weighted by Gasteiger charge is -2.10. The zero-order valence-corrected chi connectivity index (χ0v) is 17.0. The van der Waals surface area contributed by atoms with Crippen molar-refractivity contribution in [1.82, 2.24) is 9.78 Å². The largest absolute Gasteiger partial charge is 0.321 e. The number of carbonyl (C=O) groups is 1. The number of nitrogens with one attached hydrogen (secondary N) is 1. The normalized spacial score (nSPS) is 10.8. The van der Waals surface area contributed by atoms with Crippen molar-refractivity contribution in [2.45, 2.75) is 13.8 Å². The van der Waals surface area contributed by atoms with Gasteiger partial charge >= 0.3 is 0 Å². The second-order valence-electron chi connectivity index (χ2n) is 6.53. The van der Waals surface area contributed by atoms with E-state index in [0.717, 1.165) is 27.5 Å². The summed E-state index contributed by atoms with van der Waals surface area (Å²) in [5.74, 6) is -0.214. The average molecular weight is 408 g/mol. The Kier molecular flexibility index (Phi) is 5.03. The Morgan fingerprint density at radius 2 is 1.82 bits per heavy atom. The summed E-state index contributed by atoms with van der Waals surface area (Å²) >= 11 is 7.60. The summed E-state index contributed by atoms with van der Waals surface area (Å²) in [4.78, 5) is 14.1. The molecule has 0 aliphatic carbocycles. The van der Waals surface area contributed by atoms with Crippen LogP contribution in [-0.2, 0) is 0 Å². The monoisotopic (exact) mass is 407 g/mol. The number of amides is 1. The van der Waals surface area contributed by atoms with E-state index >= 15 is 0 Å². The van der Waals surface area contributed by atoms with E-state index in [1.54, 1.807) is 28.2 Å². The van der Waals surface area contributed by atoms with Crippen molar-refractivity contribution in [1.29, 1.82) is 0 Å².